The van der Waals surface area contributed by atoms with E-state index >= 15 is 0 Å². The fourth-order valence-corrected chi connectivity index (χ4v) is 3.73. The highest BCUT2D eigenvalue weighted by Gasteiger charge is 2.17. The number of aromatic nitrogens is 2. The van der Waals surface area contributed by atoms with Crippen LogP contribution >= 0.6 is 34.9 Å². The zero-order valence-electron chi connectivity index (χ0n) is 12.5. The molecule has 0 aliphatic heterocycles. The van der Waals surface area contributed by atoms with Crippen LogP contribution in [0.2, 0.25) is 5.02 Å². The minimum absolute atomic E-state index is 0.0743. The molecule has 1 amide bonds. The van der Waals surface area contributed by atoms with Gasteiger partial charge in [0.05, 0.1) is 16.5 Å². The Labute approximate surface area is 155 Å². The van der Waals surface area contributed by atoms with Crippen LogP contribution in [0.25, 0.3) is 11.3 Å². The summed E-state index contributed by atoms with van der Waals surface area (Å²) >= 11 is 8.21. The number of halogens is 3. The lowest BCUT2D eigenvalue weighted by Crippen LogP contribution is -2.14. The smallest absolute Gasteiger partial charge is 0.234 e. The highest BCUT2D eigenvalue weighted by Crippen LogP contribution is 2.34. The zero-order chi connectivity index (χ0) is 17.8. The topological polar surface area (TPSA) is 54.9 Å². The first-order valence-electron chi connectivity index (χ1n) is 6.99. The number of para-hydroxylation sites is 1. The second-order valence-corrected chi connectivity index (χ2v) is 7.26. The molecule has 25 heavy (non-hydrogen) atoms. The van der Waals surface area contributed by atoms with Gasteiger partial charge < -0.3 is 5.32 Å². The van der Waals surface area contributed by atoms with Crippen molar-refractivity contribution in [2.75, 3.05) is 11.1 Å². The Bertz CT molecular complexity index is 920. The van der Waals surface area contributed by atoms with Crippen LogP contribution in [0.5, 0.6) is 0 Å². The van der Waals surface area contributed by atoms with Crippen molar-refractivity contribution in [1.29, 1.82) is 0 Å². The first-order valence-corrected chi connectivity index (χ1v) is 9.13. The fourth-order valence-electron chi connectivity index (χ4n) is 2.00. The van der Waals surface area contributed by atoms with Crippen LogP contribution in [0.4, 0.5) is 14.5 Å². The molecule has 0 saturated carbocycles. The Hall–Kier alpha value is -2.03. The molecular formula is C16H10ClF2N3OS2. The van der Waals surface area contributed by atoms with E-state index in [-0.39, 0.29) is 22.9 Å². The van der Waals surface area contributed by atoms with Crippen LogP contribution in [0, 0.1) is 11.6 Å². The molecule has 2 aromatic carbocycles. The number of carbonyl (C=O) groups is 1. The molecule has 9 heteroatoms. The summed E-state index contributed by atoms with van der Waals surface area (Å²) in [6.07, 6.45) is 0. The SMILES string of the molecule is O=C(CSc1snnc1-c1ccc(F)cc1F)Nc1ccccc1Cl. The summed E-state index contributed by atoms with van der Waals surface area (Å²) < 4.78 is 31.3. The summed E-state index contributed by atoms with van der Waals surface area (Å²) in [6.45, 7) is 0. The Morgan fingerprint density at radius 2 is 2.04 bits per heavy atom. The van der Waals surface area contributed by atoms with E-state index in [1.807, 2.05) is 0 Å². The molecule has 3 rings (SSSR count). The number of hydrogen-bond donors (Lipinski definition) is 1. The number of nitrogens with one attached hydrogen (secondary N) is 1. The van der Waals surface area contributed by atoms with Gasteiger partial charge in [-0.3, -0.25) is 4.79 Å². The minimum atomic E-state index is -0.727. The molecular weight excluding hydrogens is 388 g/mol. The van der Waals surface area contributed by atoms with Gasteiger partial charge in [-0.25, -0.2) is 8.78 Å². The third-order valence-electron chi connectivity index (χ3n) is 3.13. The number of benzene rings is 2. The molecule has 0 radical (unpaired) electrons. The van der Waals surface area contributed by atoms with Crippen molar-refractivity contribution in [3.63, 3.8) is 0 Å². The van der Waals surface area contributed by atoms with Crippen molar-refractivity contribution in [3.8, 4) is 11.3 Å². The molecule has 3 aromatic rings. The number of carbonyl (C=O) groups excluding carboxylic acids is 1. The van der Waals surface area contributed by atoms with Gasteiger partial charge in [-0.05, 0) is 35.8 Å². The molecule has 1 heterocycles. The normalized spacial score (nSPS) is 10.7. The molecule has 0 aliphatic rings. The highest BCUT2D eigenvalue weighted by atomic mass is 35.5. The van der Waals surface area contributed by atoms with Gasteiger partial charge in [0.25, 0.3) is 0 Å². The van der Waals surface area contributed by atoms with Crippen molar-refractivity contribution in [2.45, 2.75) is 4.21 Å². The van der Waals surface area contributed by atoms with Gasteiger partial charge in [-0.1, -0.05) is 28.2 Å². The molecule has 0 bridgehead atoms. The maximum absolute atomic E-state index is 13.9. The Morgan fingerprint density at radius 3 is 2.80 bits per heavy atom. The van der Waals surface area contributed by atoms with Crippen LogP contribution in [0.15, 0.2) is 46.7 Å². The number of hydrogen-bond acceptors (Lipinski definition) is 5. The summed E-state index contributed by atoms with van der Waals surface area (Å²) in [4.78, 5) is 12.1. The van der Waals surface area contributed by atoms with E-state index in [4.69, 9.17) is 11.6 Å². The van der Waals surface area contributed by atoms with Gasteiger partial charge in [-0.15, -0.1) is 16.9 Å². The molecule has 0 spiro atoms. The van der Waals surface area contributed by atoms with Gasteiger partial charge in [0.2, 0.25) is 5.91 Å². The summed E-state index contributed by atoms with van der Waals surface area (Å²) in [6, 6.07) is 10.1. The number of nitrogens with zero attached hydrogens (tertiary/aromatic N) is 2. The van der Waals surface area contributed by atoms with E-state index in [1.54, 1.807) is 24.3 Å². The summed E-state index contributed by atoms with van der Waals surface area (Å²) in [7, 11) is 0. The third-order valence-corrected chi connectivity index (χ3v) is 5.42. The second kappa shape index (κ2) is 7.90. The summed E-state index contributed by atoms with van der Waals surface area (Å²) in [5, 5.41) is 7.02. The average Bonchev–Trinajstić information content (AvgIpc) is 3.03. The van der Waals surface area contributed by atoms with E-state index in [2.05, 4.69) is 14.9 Å². The standard InChI is InChI=1S/C16H10ClF2N3OS2/c17-11-3-1-2-4-13(11)20-14(23)8-24-16-15(21-22-25-16)10-6-5-9(18)7-12(10)19/h1-7H,8H2,(H,20,23). The van der Waals surface area contributed by atoms with Gasteiger partial charge >= 0.3 is 0 Å². The maximum Gasteiger partial charge on any atom is 0.234 e. The van der Waals surface area contributed by atoms with Crippen molar-refractivity contribution in [1.82, 2.24) is 9.59 Å². The predicted octanol–water partition coefficient (Wildman–Crippen LogP) is 4.87. The molecule has 0 unspecified atom stereocenters. The number of thioether (sulfide) groups is 1. The molecule has 128 valence electrons. The highest BCUT2D eigenvalue weighted by molar-refractivity contribution is 8.01. The molecule has 1 N–H and O–H groups in total. The monoisotopic (exact) mass is 397 g/mol. The van der Waals surface area contributed by atoms with E-state index in [0.29, 0.717) is 14.9 Å². The fraction of sp³-hybridized carbons (Fsp3) is 0.0625. The lowest BCUT2D eigenvalue weighted by molar-refractivity contribution is -0.113. The van der Waals surface area contributed by atoms with E-state index < -0.39 is 11.6 Å². The second-order valence-electron chi connectivity index (χ2n) is 4.85. The Balaban J connectivity index is 1.69. The van der Waals surface area contributed by atoms with Crippen molar-refractivity contribution in [3.05, 3.63) is 59.1 Å². The number of anilines is 1. The largest absolute Gasteiger partial charge is 0.324 e. The lowest BCUT2D eigenvalue weighted by Gasteiger charge is -2.06. The lowest BCUT2D eigenvalue weighted by atomic mass is 10.1. The number of amides is 1. The van der Waals surface area contributed by atoms with Gasteiger partial charge in [0.1, 0.15) is 21.5 Å². The molecule has 1 aromatic heterocycles. The Morgan fingerprint density at radius 1 is 1.24 bits per heavy atom. The van der Waals surface area contributed by atoms with Crippen LogP contribution in [-0.2, 0) is 4.79 Å². The third kappa shape index (κ3) is 4.33. The molecule has 0 atom stereocenters. The summed E-state index contributed by atoms with van der Waals surface area (Å²) in [5.41, 5.74) is 0.948. The van der Waals surface area contributed by atoms with Crippen molar-refractivity contribution >= 4 is 46.5 Å². The maximum atomic E-state index is 13.9. The first-order chi connectivity index (χ1) is 12.0. The van der Waals surface area contributed by atoms with Crippen LogP contribution in [-0.4, -0.2) is 21.2 Å². The zero-order valence-corrected chi connectivity index (χ0v) is 14.9. The number of rotatable bonds is 5. The molecule has 4 nitrogen and oxygen atoms in total. The minimum Gasteiger partial charge on any atom is -0.324 e. The van der Waals surface area contributed by atoms with Gasteiger partial charge in [0, 0.05) is 11.6 Å². The van der Waals surface area contributed by atoms with E-state index in [1.165, 1.54) is 17.8 Å². The van der Waals surface area contributed by atoms with Crippen LogP contribution in [0.1, 0.15) is 0 Å². The van der Waals surface area contributed by atoms with Crippen molar-refractivity contribution in [2.24, 2.45) is 0 Å². The van der Waals surface area contributed by atoms with E-state index in [9.17, 15) is 13.6 Å². The van der Waals surface area contributed by atoms with Crippen LogP contribution in [0.3, 0.4) is 0 Å². The van der Waals surface area contributed by atoms with Crippen LogP contribution < -0.4 is 5.32 Å². The molecule has 0 saturated heterocycles. The quantitative estimate of drug-likeness (QED) is 0.624. The first kappa shape index (κ1) is 17.8. The average molecular weight is 398 g/mol. The van der Waals surface area contributed by atoms with Crippen molar-refractivity contribution < 1.29 is 13.6 Å². The molecule has 0 aliphatic carbocycles. The summed E-state index contributed by atoms with van der Waals surface area (Å²) in [5.74, 6) is -1.59. The van der Waals surface area contributed by atoms with Gasteiger partial charge in [-0.2, -0.15) is 0 Å². The van der Waals surface area contributed by atoms with E-state index in [0.717, 1.165) is 23.7 Å². The Kier molecular flexibility index (Phi) is 5.62. The molecule has 0 fully saturated rings. The van der Waals surface area contributed by atoms with Gasteiger partial charge in [0.15, 0.2) is 0 Å². The predicted molar refractivity (Wildman–Crippen MR) is 96.1 cm³/mol.